The van der Waals surface area contributed by atoms with Crippen LogP contribution in [0.15, 0.2) is 149 Å². The number of hydrogen-bond acceptors (Lipinski definition) is 4. The minimum Gasteiger partial charge on any atom is -0.423 e. The minimum atomic E-state index is 0.211. The number of benzene rings is 6. The van der Waals surface area contributed by atoms with E-state index < -0.39 is 0 Å². The molecule has 4 heterocycles. The summed E-state index contributed by atoms with van der Waals surface area (Å²) in [7, 11) is 0. The van der Waals surface area contributed by atoms with Crippen molar-refractivity contribution in [3.05, 3.63) is 144 Å². The van der Waals surface area contributed by atoms with Crippen molar-refractivity contribution in [2.75, 3.05) is 0 Å². The first-order valence-electron chi connectivity index (χ1n) is 15.1. The van der Waals surface area contributed by atoms with E-state index in [0.29, 0.717) is 17.1 Å². The molecule has 0 aliphatic rings. The fourth-order valence-electron chi connectivity index (χ4n) is 7.13. The van der Waals surface area contributed by atoms with Crippen molar-refractivity contribution in [1.29, 1.82) is 0 Å². The molecular weight excluding hydrogens is 570 g/mol. The summed E-state index contributed by atoms with van der Waals surface area (Å²) in [5.41, 5.74) is 9.10. The normalized spacial score (nSPS) is 12.0. The smallest absolute Gasteiger partial charge is 0.309 e. The lowest BCUT2D eigenvalue weighted by molar-refractivity contribution is 0.642. The molecule has 216 valence electrons. The summed E-state index contributed by atoms with van der Waals surface area (Å²) in [4.78, 5) is 17.1. The van der Waals surface area contributed by atoms with Gasteiger partial charge in [0.25, 0.3) is 0 Å². The van der Waals surface area contributed by atoms with Gasteiger partial charge in [-0.3, -0.25) is 0 Å². The van der Waals surface area contributed by atoms with Crippen LogP contribution in [-0.2, 0) is 0 Å². The van der Waals surface area contributed by atoms with Crippen LogP contribution < -0.4 is 0 Å². The molecule has 0 atom stereocenters. The van der Waals surface area contributed by atoms with Crippen molar-refractivity contribution < 1.29 is 4.42 Å². The zero-order valence-corrected chi connectivity index (χ0v) is 24.3. The molecule has 46 heavy (non-hydrogen) atoms. The lowest BCUT2D eigenvalue weighted by atomic mass is 10.1. The van der Waals surface area contributed by atoms with Gasteiger partial charge in [-0.2, -0.15) is 4.98 Å². The summed E-state index contributed by atoms with van der Waals surface area (Å²) in [5, 5.41) is 8.23. The summed E-state index contributed by atoms with van der Waals surface area (Å²) in [6.45, 7) is 0. The first-order valence-corrected chi connectivity index (χ1v) is 15.1. The Morgan fingerprint density at radius 3 is 1.52 bits per heavy atom. The van der Waals surface area contributed by atoms with E-state index in [1.807, 2.05) is 30.3 Å². The standard InChI is InChI=1S/C39H23N5O2/c45-41-38-37(24-17-19-25(20-18-24)42-31-13-5-1-9-27(31)28-10-2-6-14-32(28)42)40-39-44(38)35-22-21-26(23-36(35)46-39)43-33-15-7-3-11-29(33)30-12-4-8-16-34(30)43/h1-23H. The van der Waals surface area contributed by atoms with Gasteiger partial charge in [-0.05, 0) is 53.7 Å². The Morgan fingerprint density at radius 2 is 1.00 bits per heavy atom. The van der Waals surface area contributed by atoms with Crippen molar-refractivity contribution in [3.63, 3.8) is 0 Å². The molecule has 0 aliphatic carbocycles. The Kier molecular flexibility index (Phi) is 5.02. The Morgan fingerprint density at radius 1 is 0.522 bits per heavy atom. The molecule has 7 nitrogen and oxygen atoms in total. The van der Waals surface area contributed by atoms with E-state index in [1.54, 1.807) is 4.40 Å². The second kappa shape index (κ2) is 9.27. The molecule has 7 heteroatoms. The maximum absolute atomic E-state index is 12.3. The van der Waals surface area contributed by atoms with E-state index in [9.17, 15) is 4.91 Å². The van der Waals surface area contributed by atoms with Crippen LogP contribution in [0.3, 0.4) is 0 Å². The number of nitroso groups, excluding NO2 is 1. The van der Waals surface area contributed by atoms with Gasteiger partial charge in [0, 0.05) is 38.9 Å². The topological polar surface area (TPSA) is 69.7 Å². The number of fused-ring (bicyclic) bond motifs is 9. The number of oxazole rings is 1. The molecule has 0 unspecified atom stereocenters. The highest BCUT2D eigenvalue weighted by Crippen LogP contribution is 2.38. The molecule has 0 bridgehead atoms. The summed E-state index contributed by atoms with van der Waals surface area (Å²) in [6.07, 6.45) is 0. The van der Waals surface area contributed by atoms with Crippen molar-refractivity contribution in [1.82, 2.24) is 18.5 Å². The van der Waals surface area contributed by atoms with E-state index in [1.165, 1.54) is 21.5 Å². The monoisotopic (exact) mass is 593 g/mol. The SMILES string of the molecule is O=Nc1c(-c2ccc(-n3c4ccccc4c4ccccc43)cc2)nc2oc3cc(-n4c5ccccc5c5ccccc54)ccc3n12. The fraction of sp³-hybridized carbons (Fsp3) is 0. The number of imidazole rings is 1. The van der Waals surface area contributed by atoms with Crippen LogP contribution in [-0.4, -0.2) is 18.5 Å². The predicted octanol–water partition coefficient (Wildman–Crippen LogP) is 10.3. The highest BCUT2D eigenvalue weighted by Gasteiger charge is 2.22. The van der Waals surface area contributed by atoms with Crippen LogP contribution in [0.4, 0.5) is 5.82 Å². The molecular formula is C39H23N5O2. The fourth-order valence-corrected chi connectivity index (χ4v) is 7.13. The van der Waals surface area contributed by atoms with Crippen LogP contribution in [0.2, 0.25) is 0 Å². The van der Waals surface area contributed by atoms with Gasteiger partial charge in [0.2, 0.25) is 5.82 Å². The van der Waals surface area contributed by atoms with Gasteiger partial charge in [-0.1, -0.05) is 84.9 Å². The van der Waals surface area contributed by atoms with Crippen molar-refractivity contribution in [2.24, 2.45) is 5.18 Å². The second-order valence-corrected chi connectivity index (χ2v) is 11.5. The third-order valence-electron chi connectivity index (χ3n) is 9.11. The quantitative estimate of drug-likeness (QED) is 0.191. The zero-order chi connectivity index (χ0) is 30.4. The van der Waals surface area contributed by atoms with Crippen LogP contribution in [0.1, 0.15) is 0 Å². The van der Waals surface area contributed by atoms with Gasteiger partial charge in [0.15, 0.2) is 5.58 Å². The molecule has 6 aromatic carbocycles. The van der Waals surface area contributed by atoms with Gasteiger partial charge >= 0.3 is 5.84 Å². The molecule has 0 spiro atoms. The zero-order valence-electron chi connectivity index (χ0n) is 24.3. The third-order valence-corrected chi connectivity index (χ3v) is 9.11. The average Bonchev–Trinajstić information content (AvgIpc) is 3.84. The Bertz CT molecular complexity index is 2720. The van der Waals surface area contributed by atoms with E-state index in [2.05, 4.69) is 124 Å². The largest absolute Gasteiger partial charge is 0.423 e. The van der Waals surface area contributed by atoms with Gasteiger partial charge in [-0.25, -0.2) is 4.40 Å². The maximum atomic E-state index is 12.3. The Balaban J connectivity index is 1.09. The van der Waals surface area contributed by atoms with E-state index in [4.69, 9.17) is 9.40 Å². The number of rotatable bonds is 4. The molecule has 10 rings (SSSR count). The number of para-hydroxylation sites is 4. The van der Waals surface area contributed by atoms with Crippen LogP contribution in [0, 0.1) is 4.91 Å². The Hall–Kier alpha value is -6.47. The third kappa shape index (κ3) is 3.34. The number of hydrogen-bond donors (Lipinski definition) is 0. The Labute approximate surface area is 261 Å². The van der Waals surface area contributed by atoms with Gasteiger partial charge in [0.05, 0.1) is 33.3 Å². The molecule has 4 aromatic heterocycles. The molecule has 0 saturated heterocycles. The first-order chi connectivity index (χ1) is 22.8. The average molecular weight is 594 g/mol. The number of nitrogens with zero attached hydrogens (tertiary/aromatic N) is 5. The number of aromatic nitrogens is 4. The van der Waals surface area contributed by atoms with E-state index >= 15 is 0 Å². The summed E-state index contributed by atoms with van der Waals surface area (Å²) in [6, 6.07) is 47.7. The van der Waals surface area contributed by atoms with Crippen molar-refractivity contribution in [2.45, 2.75) is 0 Å². The lowest BCUT2D eigenvalue weighted by Gasteiger charge is -2.09. The minimum absolute atomic E-state index is 0.211. The summed E-state index contributed by atoms with van der Waals surface area (Å²) >= 11 is 0. The molecule has 0 fully saturated rings. The molecule has 0 radical (unpaired) electrons. The predicted molar refractivity (Wildman–Crippen MR) is 185 cm³/mol. The lowest BCUT2D eigenvalue weighted by Crippen LogP contribution is -1.94. The van der Waals surface area contributed by atoms with Crippen molar-refractivity contribution >= 4 is 66.4 Å². The van der Waals surface area contributed by atoms with Gasteiger partial charge < -0.3 is 13.6 Å². The molecule has 0 amide bonds. The molecule has 0 saturated carbocycles. The van der Waals surface area contributed by atoms with Crippen LogP contribution >= 0.6 is 0 Å². The molecule has 10 aromatic rings. The maximum Gasteiger partial charge on any atom is 0.309 e. The second-order valence-electron chi connectivity index (χ2n) is 11.5. The van der Waals surface area contributed by atoms with E-state index in [0.717, 1.165) is 44.5 Å². The first kappa shape index (κ1) is 24.9. The van der Waals surface area contributed by atoms with Crippen LogP contribution in [0.5, 0.6) is 0 Å². The van der Waals surface area contributed by atoms with Gasteiger partial charge in [0.1, 0.15) is 5.69 Å². The van der Waals surface area contributed by atoms with Crippen LogP contribution in [0.25, 0.3) is 83.2 Å². The summed E-state index contributed by atoms with van der Waals surface area (Å²) in [5.74, 6) is 0.536. The molecule has 0 aliphatic heterocycles. The van der Waals surface area contributed by atoms with E-state index in [-0.39, 0.29) is 5.82 Å². The van der Waals surface area contributed by atoms with Gasteiger partial charge in [-0.15, -0.1) is 4.91 Å². The highest BCUT2D eigenvalue weighted by molar-refractivity contribution is 6.10. The molecule has 0 N–H and O–H groups in total. The summed E-state index contributed by atoms with van der Waals surface area (Å²) < 4.78 is 12.5. The highest BCUT2D eigenvalue weighted by atomic mass is 16.4. The van der Waals surface area contributed by atoms with Crippen molar-refractivity contribution in [3.8, 4) is 22.6 Å².